The van der Waals surface area contributed by atoms with E-state index in [4.69, 9.17) is 4.74 Å². The summed E-state index contributed by atoms with van der Waals surface area (Å²) in [5, 5.41) is 4.52. The number of aromatic nitrogens is 4. The van der Waals surface area contributed by atoms with E-state index >= 15 is 0 Å². The molecule has 0 fully saturated rings. The number of ether oxygens (including phenoxy) is 1. The first-order valence-corrected chi connectivity index (χ1v) is 8.72. The van der Waals surface area contributed by atoms with Crippen molar-refractivity contribution in [3.8, 4) is 17.0 Å². The van der Waals surface area contributed by atoms with Gasteiger partial charge in [0.1, 0.15) is 11.3 Å². The van der Waals surface area contributed by atoms with Crippen LogP contribution in [-0.2, 0) is 6.54 Å². The molecule has 3 heterocycles. The van der Waals surface area contributed by atoms with Gasteiger partial charge < -0.3 is 9.30 Å². The van der Waals surface area contributed by atoms with Crippen molar-refractivity contribution in [2.24, 2.45) is 0 Å². The minimum Gasteiger partial charge on any atom is -0.496 e. The fourth-order valence-electron chi connectivity index (χ4n) is 3.29. The average molecular weight is 360 g/mol. The van der Waals surface area contributed by atoms with Crippen molar-refractivity contribution < 1.29 is 4.74 Å². The minimum absolute atomic E-state index is 0.104. The fraction of sp³-hybridized carbons (Fsp3) is 0.190. The summed E-state index contributed by atoms with van der Waals surface area (Å²) in [7, 11) is 1.65. The molecule has 4 rings (SSSR count). The summed E-state index contributed by atoms with van der Waals surface area (Å²) in [5.41, 5.74) is 4.92. The van der Waals surface area contributed by atoms with Gasteiger partial charge in [0.25, 0.3) is 5.56 Å². The molecule has 0 aliphatic rings. The normalized spacial score (nSPS) is 11.1. The molecular formula is C21H20N4O2. The molecule has 1 aromatic carbocycles. The van der Waals surface area contributed by atoms with Crippen LogP contribution in [0.2, 0.25) is 0 Å². The van der Waals surface area contributed by atoms with Gasteiger partial charge in [-0.05, 0) is 19.9 Å². The molecule has 0 atom stereocenters. The van der Waals surface area contributed by atoms with E-state index in [1.54, 1.807) is 34.8 Å². The molecule has 27 heavy (non-hydrogen) atoms. The maximum Gasteiger partial charge on any atom is 0.276 e. The van der Waals surface area contributed by atoms with E-state index in [2.05, 4.69) is 10.1 Å². The first-order valence-electron chi connectivity index (χ1n) is 8.72. The summed E-state index contributed by atoms with van der Waals surface area (Å²) >= 11 is 0. The van der Waals surface area contributed by atoms with Gasteiger partial charge in [-0.25, -0.2) is 4.52 Å². The van der Waals surface area contributed by atoms with Crippen molar-refractivity contribution in [2.75, 3.05) is 7.11 Å². The summed E-state index contributed by atoms with van der Waals surface area (Å²) < 4.78 is 8.74. The lowest BCUT2D eigenvalue weighted by Crippen LogP contribution is -2.22. The average Bonchev–Trinajstić information content (AvgIpc) is 3.12. The maximum atomic E-state index is 13.0. The highest BCUT2D eigenvalue weighted by atomic mass is 16.5. The Morgan fingerprint density at radius 3 is 2.63 bits per heavy atom. The molecule has 0 saturated heterocycles. The molecule has 0 N–H and O–H groups in total. The number of methoxy groups -OCH3 is 1. The van der Waals surface area contributed by atoms with E-state index in [-0.39, 0.29) is 5.56 Å². The topological polar surface area (TPSA) is 61.4 Å². The van der Waals surface area contributed by atoms with Gasteiger partial charge in [0.2, 0.25) is 0 Å². The molecule has 136 valence electrons. The maximum absolute atomic E-state index is 13.0. The van der Waals surface area contributed by atoms with Crippen molar-refractivity contribution in [3.63, 3.8) is 0 Å². The Kier molecular flexibility index (Phi) is 4.24. The third-order valence-corrected chi connectivity index (χ3v) is 4.74. The van der Waals surface area contributed by atoms with Crippen LogP contribution in [0.4, 0.5) is 0 Å². The first kappa shape index (κ1) is 17.0. The van der Waals surface area contributed by atoms with Crippen LogP contribution in [0, 0.1) is 13.8 Å². The van der Waals surface area contributed by atoms with Crippen molar-refractivity contribution >= 4 is 5.52 Å². The van der Waals surface area contributed by atoms with Gasteiger partial charge >= 0.3 is 0 Å². The highest BCUT2D eigenvalue weighted by Gasteiger charge is 2.13. The number of nitrogens with zero attached hydrogens (tertiary/aromatic N) is 4. The molecule has 6 nitrogen and oxygen atoms in total. The van der Waals surface area contributed by atoms with Gasteiger partial charge in [-0.1, -0.05) is 30.3 Å². The first-order chi connectivity index (χ1) is 13.1. The van der Waals surface area contributed by atoms with Crippen LogP contribution < -0.4 is 10.3 Å². The SMILES string of the molecule is COc1c(C)cnc(Cn2ccn3nc(-c4ccccc4)cc3c2=O)c1C. The second-order valence-electron chi connectivity index (χ2n) is 6.50. The van der Waals surface area contributed by atoms with Gasteiger partial charge in [-0.3, -0.25) is 9.78 Å². The van der Waals surface area contributed by atoms with Gasteiger partial charge in [-0.15, -0.1) is 0 Å². The van der Waals surface area contributed by atoms with E-state index in [1.165, 1.54) is 0 Å². The smallest absolute Gasteiger partial charge is 0.276 e. The minimum atomic E-state index is -0.104. The zero-order chi connectivity index (χ0) is 19.0. The van der Waals surface area contributed by atoms with Crippen LogP contribution in [0.3, 0.4) is 0 Å². The Bertz CT molecular complexity index is 1180. The van der Waals surface area contributed by atoms with Gasteiger partial charge in [0, 0.05) is 35.3 Å². The fourth-order valence-corrected chi connectivity index (χ4v) is 3.29. The third kappa shape index (κ3) is 2.99. The van der Waals surface area contributed by atoms with Crippen molar-refractivity contribution in [1.82, 2.24) is 19.2 Å². The lowest BCUT2D eigenvalue weighted by atomic mass is 10.1. The molecule has 0 unspecified atom stereocenters. The molecule has 0 saturated carbocycles. The molecule has 0 aliphatic heterocycles. The Morgan fingerprint density at radius 1 is 1.11 bits per heavy atom. The molecular weight excluding hydrogens is 340 g/mol. The highest BCUT2D eigenvalue weighted by molar-refractivity contribution is 5.65. The van der Waals surface area contributed by atoms with Crippen LogP contribution >= 0.6 is 0 Å². The van der Waals surface area contributed by atoms with Crippen LogP contribution in [0.15, 0.2) is 59.8 Å². The molecule has 6 heteroatoms. The van der Waals surface area contributed by atoms with E-state index in [0.29, 0.717) is 12.1 Å². The van der Waals surface area contributed by atoms with Crippen molar-refractivity contribution in [1.29, 1.82) is 0 Å². The summed E-state index contributed by atoms with van der Waals surface area (Å²) in [6.07, 6.45) is 5.31. The number of pyridine rings is 1. The molecule has 0 spiro atoms. The summed E-state index contributed by atoms with van der Waals surface area (Å²) in [5.74, 6) is 0.810. The van der Waals surface area contributed by atoms with E-state index in [1.807, 2.05) is 50.2 Å². The predicted octanol–water partition coefficient (Wildman–Crippen LogP) is 3.23. The number of hydrogen-bond donors (Lipinski definition) is 0. The third-order valence-electron chi connectivity index (χ3n) is 4.74. The Morgan fingerprint density at radius 2 is 1.89 bits per heavy atom. The zero-order valence-corrected chi connectivity index (χ0v) is 15.5. The second kappa shape index (κ2) is 6.72. The molecule has 3 aromatic heterocycles. The lowest BCUT2D eigenvalue weighted by Gasteiger charge is -2.13. The van der Waals surface area contributed by atoms with Gasteiger partial charge in [0.15, 0.2) is 0 Å². The predicted molar refractivity (Wildman–Crippen MR) is 104 cm³/mol. The van der Waals surface area contributed by atoms with E-state index in [9.17, 15) is 4.79 Å². The van der Waals surface area contributed by atoms with Gasteiger partial charge in [0.05, 0.1) is 25.0 Å². The molecule has 0 amide bonds. The standard InChI is InChI=1S/C21H20N4O2/c1-14-12-22-18(15(2)20(14)27-3)13-24-9-10-25-19(21(24)26)11-17(23-25)16-7-5-4-6-8-16/h4-12H,13H2,1-3H3. The molecule has 0 radical (unpaired) electrons. The van der Waals surface area contributed by atoms with Gasteiger partial charge in [-0.2, -0.15) is 5.10 Å². The zero-order valence-electron chi connectivity index (χ0n) is 15.5. The van der Waals surface area contributed by atoms with Crippen molar-refractivity contribution in [3.05, 3.63) is 82.2 Å². The van der Waals surface area contributed by atoms with Crippen LogP contribution in [0.1, 0.15) is 16.8 Å². The van der Waals surface area contributed by atoms with E-state index in [0.717, 1.165) is 33.8 Å². The molecule has 0 bridgehead atoms. The largest absolute Gasteiger partial charge is 0.496 e. The number of rotatable bonds is 4. The van der Waals surface area contributed by atoms with Crippen molar-refractivity contribution in [2.45, 2.75) is 20.4 Å². The number of aryl methyl sites for hydroxylation is 1. The van der Waals surface area contributed by atoms with Crippen LogP contribution in [-0.4, -0.2) is 26.3 Å². The molecule has 4 aromatic rings. The van der Waals surface area contributed by atoms with Crippen LogP contribution in [0.5, 0.6) is 5.75 Å². The quantitative estimate of drug-likeness (QED) is 0.561. The highest BCUT2D eigenvalue weighted by Crippen LogP contribution is 2.24. The Labute approximate surface area is 156 Å². The Hall–Kier alpha value is -3.41. The summed E-state index contributed by atoms with van der Waals surface area (Å²) in [6, 6.07) is 11.6. The summed E-state index contributed by atoms with van der Waals surface area (Å²) in [4.78, 5) is 17.4. The van der Waals surface area contributed by atoms with Crippen LogP contribution in [0.25, 0.3) is 16.8 Å². The van der Waals surface area contributed by atoms with E-state index < -0.39 is 0 Å². The lowest BCUT2D eigenvalue weighted by molar-refractivity contribution is 0.406. The monoisotopic (exact) mass is 360 g/mol. The number of fused-ring (bicyclic) bond motifs is 1. The summed E-state index contributed by atoms with van der Waals surface area (Å²) in [6.45, 7) is 4.30. The Balaban J connectivity index is 1.76. The second-order valence-corrected chi connectivity index (χ2v) is 6.50. The number of benzene rings is 1. The number of hydrogen-bond acceptors (Lipinski definition) is 4. The molecule has 0 aliphatic carbocycles.